The summed E-state index contributed by atoms with van der Waals surface area (Å²) >= 11 is 5.86. The van der Waals surface area contributed by atoms with Gasteiger partial charge in [-0.05, 0) is 51.5 Å². The summed E-state index contributed by atoms with van der Waals surface area (Å²) < 4.78 is 38.1. The summed E-state index contributed by atoms with van der Waals surface area (Å²) in [4.78, 5) is 14.5. The van der Waals surface area contributed by atoms with E-state index in [2.05, 4.69) is 5.16 Å². The molecule has 0 unspecified atom stereocenters. The first-order valence-corrected chi connectivity index (χ1v) is 11.2. The minimum atomic E-state index is -3.73. The Hall–Kier alpha value is -2.10. The van der Waals surface area contributed by atoms with E-state index in [4.69, 9.17) is 20.9 Å². The zero-order valence-corrected chi connectivity index (χ0v) is 18.2. The van der Waals surface area contributed by atoms with Gasteiger partial charge in [0, 0.05) is 31.2 Å². The van der Waals surface area contributed by atoms with E-state index in [9.17, 15) is 13.2 Å². The normalized spacial score (nSPS) is 17.0. The average Bonchev–Trinajstić information content (AvgIpc) is 2.88. The van der Waals surface area contributed by atoms with E-state index >= 15 is 0 Å². The van der Waals surface area contributed by atoms with Gasteiger partial charge in [-0.1, -0.05) is 16.8 Å². The molecule has 1 fully saturated rings. The van der Waals surface area contributed by atoms with Crippen molar-refractivity contribution in [1.29, 1.82) is 0 Å². The van der Waals surface area contributed by atoms with Crippen molar-refractivity contribution in [2.24, 2.45) is 0 Å². The molecule has 1 aliphatic rings. The van der Waals surface area contributed by atoms with Gasteiger partial charge in [0.2, 0.25) is 10.0 Å². The second-order valence-electron chi connectivity index (χ2n) is 6.95. The highest BCUT2D eigenvalue weighted by Crippen LogP contribution is 2.24. The van der Waals surface area contributed by atoms with Gasteiger partial charge in [0.05, 0.1) is 0 Å². The Bertz CT molecular complexity index is 955. The SMILES string of the molecule is Cc1noc(C)c1S(=O)(=O)N1CCCN(C(=O)[C@@H](C)Oc2ccc(Cl)cc2)CC1. The van der Waals surface area contributed by atoms with E-state index in [0.29, 0.717) is 36.0 Å². The van der Waals surface area contributed by atoms with Crippen LogP contribution in [0.2, 0.25) is 5.02 Å². The molecule has 0 radical (unpaired) electrons. The molecule has 2 heterocycles. The van der Waals surface area contributed by atoms with Crippen LogP contribution in [-0.2, 0) is 14.8 Å². The molecule has 1 aromatic carbocycles. The van der Waals surface area contributed by atoms with Gasteiger partial charge in [0.15, 0.2) is 11.9 Å². The fraction of sp³-hybridized carbons (Fsp3) is 0.474. The Balaban J connectivity index is 1.66. The molecule has 0 aliphatic carbocycles. The summed E-state index contributed by atoms with van der Waals surface area (Å²) in [6.45, 7) is 6.13. The maximum Gasteiger partial charge on any atom is 0.263 e. The summed E-state index contributed by atoms with van der Waals surface area (Å²) in [5.74, 6) is 0.633. The number of sulfonamides is 1. The largest absolute Gasteiger partial charge is 0.481 e. The van der Waals surface area contributed by atoms with Gasteiger partial charge >= 0.3 is 0 Å². The first-order valence-electron chi connectivity index (χ1n) is 9.34. The molecule has 3 rings (SSSR count). The maximum absolute atomic E-state index is 13.0. The number of rotatable bonds is 5. The smallest absolute Gasteiger partial charge is 0.263 e. The molecule has 0 saturated carbocycles. The number of hydrogen-bond donors (Lipinski definition) is 0. The molecule has 0 bridgehead atoms. The van der Waals surface area contributed by atoms with Crippen LogP contribution < -0.4 is 4.74 Å². The maximum atomic E-state index is 13.0. The quantitative estimate of drug-likeness (QED) is 0.708. The van der Waals surface area contributed by atoms with E-state index in [1.807, 2.05) is 0 Å². The van der Waals surface area contributed by atoms with Gasteiger partial charge < -0.3 is 14.2 Å². The van der Waals surface area contributed by atoms with Crippen LogP contribution in [-0.4, -0.2) is 61.0 Å². The zero-order valence-electron chi connectivity index (χ0n) is 16.6. The van der Waals surface area contributed by atoms with Gasteiger partial charge in [-0.25, -0.2) is 8.42 Å². The molecular weight excluding hydrogens is 418 g/mol. The molecule has 10 heteroatoms. The number of carbonyl (C=O) groups excluding carboxylic acids is 1. The third-order valence-corrected chi connectivity index (χ3v) is 7.20. The Morgan fingerprint density at radius 1 is 1.17 bits per heavy atom. The Morgan fingerprint density at radius 2 is 1.86 bits per heavy atom. The third-order valence-electron chi connectivity index (χ3n) is 4.81. The van der Waals surface area contributed by atoms with Crippen molar-refractivity contribution in [1.82, 2.24) is 14.4 Å². The van der Waals surface area contributed by atoms with Crippen molar-refractivity contribution in [3.05, 3.63) is 40.7 Å². The van der Waals surface area contributed by atoms with Crippen LogP contribution in [0.15, 0.2) is 33.7 Å². The van der Waals surface area contributed by atoms with Crippen molar-refractivity contribution in [3.8, 4) is 5.75 Å². The monoisotopic (exact) mass is 441 g/mol. The van der Waals surface area contributed by atoms with Crippen molar-refractivity contribution in [2.75, 3.05) is 26.2 Å². The standard InChI is InChI=1S/C19H24ClN3O5S/c1-13-18(14(2)28-21-13)29(25,26)23-10-4-9-22(11-12-23)19(24)15(3)27-17-7-5-16(20)6-8-17/h5-8,15H,4,9-12H2,1-3H3/t15-/m1/s1. The minimum absolute atomic E-state index is 0.108. The fourth-order valence-electron chi connectivity index (χ4n) is 3.35. The van der Waals surface area contributed by atoms with Crippen molar-refractivity contribution in [3.63, 3.8) is 0 Å². The predicted octanol–water partition coefficient (Wildman–Crippen LogP) is 2.64. The molecule has 1 aromatic heterocycles. The predicted molar refractivity (Wildman–Crippen MR) is 107 cm³/mol. The van der Waals surface area contributed by atoms with Crippen LogP contribution in [0.4, 0.5) is 0 Å². The van der Waals surface area contributed by atoms with Gasteiger partial charge in [0.25, 0.3) is 5.91 Å². The molecule has 29 heavy (non-hydrogen) atoms. The minimum Gasteiger partial charge on any atom is -0.481 e. The molecule has 1 aliphatic heterocycles. The van der Waals surface area contributed by atoms with Crippen LogP contribution in [0, 0.1) is 13.8 Å². The van der Waals surface area contributed by atoms with E-state index in [1.54, 1.807) is 49.9 Å². The number of nitrogens with zero attached hydrogens (tertiary/aromatic N) is 3. The molecule has 8 nitrogen and oxygen atoms in total. The highest BCUT2D eigenvalue weighted by Gasteiger charge is 2.33. The van der Waals surface area contributed by atoms with Crippen LogP contribution in [0.3, 0.4) is 0 Å². The van der Waals surface area contributed by atoms with Gasteiger partial charge in [-0.3, -0.25) is 4.79 Å². The number of hydrogen-bond acceptors (Lipinski definition) is 6. The van der Waals surface area contributed by atoms with Crippen molar-refractivity contribution >= 4 is 27.5 Å². The number of carbonyl (C=O) groups is 1. The number of aryl methyl sites for hydroxylation is 2. The fourth-order valence-corrected chi connectivity index (χ4v) is 5.24. The Kier molecular flexibility index (Phi) is 6.50. The molecule has 1 saturated heterocycles. The summed E-state index contributed by atoms with van der Waals surface area (Å²) in [7, 11) is -3.73. The Labute approximate surface area is 175 Å². The zero-order chi connectivity index (χ0) is 21.2. The number of aromatic nitrogens is 1. The molecular formula is C19H24ClN3O5S. The third kappa shape index (κ3) is 4.73. The van der Waals surface area contributed by atoms with Gasteiger partial charge in [-0.2, -0.15) is 4.31 Å². The molecule has 0 spiro atoms. The first kappa shape index (κ1) is 21.6. The lowest BCUT2D eigenvalue weighted by atomic mass is 10.3. The molecule has 0 N–H and O–H groups in total. The number of amides is 1. The number of halogens is 1. The van der Waals surface area contributed by atoms with Crippen LogP contribution in [0.25, 0.3) is 0 Å². The summed E-state index contributed by atoms with van der Waals surface area (Å²) in [6, 6.07) is 6.79. The van der Waals surface area contributed by atoms with Crippen LogP contribution >= 0.6 is 11.6 Å². The first-order chi connectivity index (χ1) is 13.7. The summed E-state index contributed by atoms with van der Waals surface area (Å²) in [5, 5.41) is 4.33. The second-order valence-corrected chi connectivity index (χ2v) is 9.26. The lowest BCUT2D eigenvalue weighted by Gasteiger charge is -2.25. The lowest BCUT2D eigenvalue weighted by molar-refractivity contribution is -0.137. The van der Waals surface area contributed by atoms with Crippen LogP contribution in [0.5, 0.6) is 5.75 Å². The van der Waals surface area contributed by atoms with E-state index < -0.39 is 16.1 Å². The van der Waals surface area contributed by atoms with Crippen molar-refractivity contribution < 1.29 is 22.5 Å². The Morgan fingerprint density at radius 3 is 2.48 bits per heavy atom. The number of ether oxygens (including phenoxy) is 1. The van der Waals surface area contributed by atoms with Crippen LogP contribution in [0.1, 0.15) is 24.8 Å². The number of benzene rings is 1. The highest BCUT2D eigenvalue weighted by molar-refractivity contribution is 7.89. The highest BCUT2D eigenvalue weighted by atomic mass is 35.5. The van der Waals surface area contributed by atoms with Crippen molar-refractivity contribution in [2.45, 2.75) is 38.2 Å². The van der Waals surface area contributed by atoms with E-state index in [-0.39, 0.29) is 29.7 Å². The second kappa shape index (κ2) is 8.73. The van der Waals surface area contributed by atoms with E-state index in [1.165, 1.54) is 4.31 Å². The van der Waals surface area contributed by atoms with E-state index in [0.717, 1.165) is 0 Å². The molecule has 1 atom stereocenters. The molecule has 158 valence electrons. The average molecular weight is 442 g/mol. The van der Waals surface area contributed by atoms with Gasteiger partial charge in [-0.15, -0.1) is 0 Å². The lowest BCUT2D eigenvalue weighted by Crippen LogP contribution is -2.43. The molecule has 1 amide bonds. The summed E-state index contributed by atoms with van der Waals surface area (Å²) in [6.07, 6.45) is -0.163. The molecule has 2 aromatic rings. The summed E-state index contributed by atoms with van der Waals surface area (Å²) in [5.41, 5.74) is 0.338. The van der Waals surface area contributed by atoms with Gasteiger partial charge in [0.1, 0.15) is 16.3 Å². The topological polar surface area (TPSA) is 93.0 Å².